The van der Waals surface area contributed by atoms with Gasteiger partial charge in [0.25, 0.3) is 0 Å². The summed E-state index contributed by atoms with van der Waals surface area (Å²) >= 11 is 1.80. The van der Waals surface area contributed by atoms with Crippen molar-refractivity contribution in [2.24, 2.45) is 0 Å². The van der Waals surface area contributed by atoms with E-state index in [2.05, 4.69) is 46.0 Å². The average Bonchev–Trinajstić information content (AvgIpc) is 3.10. The Morgan fingerprint density at radius 2 is 2.11 bits per heavy atom. The number of rotatable bonds is 10. The van der Waals surface area contributed by atoms with E-state index in [0.717, 1.165) is 25.7 Å². The summed E-state index contributed by atoms with van der Waals surface area (Å²) in [6, 6.07) is 3.10. The predicted octanol–water partition coefficient (Wildman–Crippen LogP) is 2.25. The maximum Gasteiger partial charge on any atom is 0.0245 e. The minimum atomic E-state index is 0.850. The number of nitrogens with zero attached hydrogens (tertiary/aromatic N) is 2. The molecule has 1 aliphatic carbocycles. The molecule has 0 bridgehead atoms. The van der Waals surface area contributed by atoms with E-state index in [1.165, 1.54) is 37.9 Å². The zero-order valence-electron chi connectivity index (χ0n) is 12.3. The van der Waals surface area contributed by atoms with Crippen LogP contribution >= 0.6 is 11.3 Å². The highest BCUT2D eigenvalue weighted by Gasteiger charge is 2.28. The van der Waals surface area contributed by atoms with Crippen LogP contribution in [0.1, 0.15) is 24.8 Å². The van der Waals surface area contributed by atoms with E-state index < -0.39 is 0 Å². The third-order valence-corrected chi connectivity index (χ3v) is 4.30. The van der Waals surface area contributed by atoms with Crippen LogP contribution < -0.4 is 5.32 Å². The molecule has 108 valence electrons. The van der Waals surface area contributed by atoms with Crippen LogP contribution in [0.3, 0.4) is 0 Å². The zero-order chi connectivity index (χ0) is 13.5. The zero-order valence-corrected chi connectivity index (χ0v) is 13.1. The van der Waals surface area contributed by atoms with Gasteiger partial charge in [0, 0.05) is 25.7 Å². The lowest BCUT2D eigenvalue weighted by Crippen LogP contribution is -2.34. The molecule has 4 heteroatoms. The molecule has 0 amide bonds. The van der Waals surface area contributed by atoms with Crippen molar-refractivity contribution in [3.8, 4) is 0 Å². The first-order chi connectivity index (χ1) is 9.25. The van der Waals surface area contributed by atoms with Crippen LogP contribution in [0.4, 0.5) is 0 Å². The molecular weight excluding hydrogens is 254 g/mol. The van der Waals surface area contributed by atoms with Crippen LogP contribution in [0.5, 0.6) is 0 Å². The van der Waals surface area contributed by atoms with E-state index in [-0.39, 0.29) is 0 Å². The maximum absolute atomic E-state index is 3.57. The van der Waals surface area contributed by atoms with Crippen molar-refractivity contribution in [2.45, 2.75) is 31.8 Å². The Hall–Kier alpha value is -0.420. The molecule has 1 N–H and O–H groups in total. The van der Waals surface area contributed by atoms with Gasteiger partial charge < -0.3 is 10.2 Å². The van der Waals surface area contributed by atoms with Crippen molar-refractivity contribution < 1.29 is 0 Å². The Kier molecular flexibility index (Phi) is 6.31. The van der Waals surface area contributed by atoms with E-state index in [0.29, 0.717) is 0 Å². The predicted molar refractivity (Wildman–Crippen MR) is 83.8 cm³/mol. The molecule has 1 aromatic rings. The van der Waals surface area contributed by atoms with Gasteiger partial charge in [-0.2, -0.15) is 11.3 Å². The summed E-state index contributed by atoms with van der Waals surface area (Å²) in [6.07, 6.45) is 4.02. The van der Waals surface area contributed by atoms with Crippen LogP contribution in [0.15, 0.2) is 16.8 Å². The molecule has 1 heterocycles. The molecule has 1 aromatic heterocycles. The second-order valence-electron chi connectivity index (χ2n) is 5.74. The fourth-order valence-electron chi connectivity index (χ4n) is 2.32. The first-order valence-electron chi connectivity index (χ1n) is 7.36. The van der Waals surface area contributed by atoms with Crippen molar-refractivity contribution in [2.75, 3.05) is 40.3 Å². The number of thiophene rings is 1. The van der Waals surface area contributed by atoms with Gasteiger partial charge in [-0.3, -0.25) is 4.90 Å². The fourth-order valence-corrected chi connectivity index (χ4v) is 2.98. The van der Waals surface area contributed by atoms with Crippen LogP contribution in [-0.2, 0) is 6.54 Å². The third kappa shape index (κ3) is 6.04. The highest BCUT2D eigenvalue weighted by molar-refractivity contribution is 7.07. The second kappa shape index (κ2) is 8.00. The molecule has 19 heavy (non-hydrogen) atoms. The van der Waals surface area contributed by atoms with Crippen molar-refractivity contribution in [3.63, 3.8) is 0 Å². The molecule has 0 unspecified atom stereocenters. The summed E-state index contributed by atoms with van der Waals surface area (Å²) in [6.45, 7) is 5.74. The van der Waals surface area contributed by atoms with E-state index in [1.807, 2.05) is 0 Å². The second-order valence-corrected chi connectivity index (χ2v) is 6.52. The van der Waals surface area contributed by atoms with Crippen LogP contribution in [0.25, 0.3) is 0 Å². The SMILES string of the molecule is CN(C)CCCNCCN(Cc1ccsc1)C1CC1. The molecule has 0 aromatic carbocycles. The summed E-state index contributed by atoms with van der Waals surface area (Å²) in [5, 5.41) is 8.03. The lowest BCUT2D eigenvalue weighted by atomic mass is 10.3. The average molecular weight is 281 g/mol. The topological polar surface area (TPSA) is 18.5 Å². The molecule has 0 aliphatic heterocycles. The molecule has 1 saturated carbocycles. The smallest absolute Gasteiger partial charge is 0.0245 e. The van der Waals surface area contributed by atoms with Gasteiger partial charge in [-0.15, -0.1) is 0 Å². The Bertz CT molecular complexity index is 333. The summed E-state index contributed by atoms with van der Waals surface area (Å²) in [5.41, 5.74) is 1.48. The highest BCUT2D eigenvalue weighted by atomic mass is 32.1. The number of hydrogen-bond donors (Lipinski definition) is 1. The van der Waals surface area contributed by atoms with Crippen molar-refractivity contribution in [3.05, 3.63) is 22.4 Å². The van der Waals surface area contributed by atoms with Gasteiger partial charge in [-0.25, -0.2) is 0 Å². The normalized spacial score (nSPS) is 15.6. The molecule has 3 nitrogen and oxygen atoms in total. The van der Waals surface area contributed by atoms with Crippen molar-refractivity contribution in [1.29, 1.82) is 0 Å². The monoisotopic (exact) mass is 281 g/mol. The maximum atomic E-state index is 3.57. The van der Waals surface area contributed by atoms with Gasteiger partial charge in [0.15, 0.2) is 0 Å². The van der Waals surface area contributed by atoms with E-state index in [4.69, 9.17) is 0 Å². The molecule has 0 spiro atoms. The summed E-state index contributed by atoms with van der Waals surface area (Å²) < 4.78 is 0. The van der Waals surface area contributed by atoms with Crippen LogP contribution in [0, 0.1) is 0 Å². The van der Waals surface area contributed by atoms with Gasteiger partial charge in [-0.1, -0.05) is 0 Å². The molecule has 0 atom stereocenters. The van der Waals surface area contributed by atoms with Crippen molar-refractivity contribution >= 4 is 11.3 Å². The standard InChI is InChI=1S/C15H27N3S/c1-17(2)9-3-7-16-8-10-18(15-4-5-15)12-14-6-11-19-13-14/h6,11,13,15-16H,3-5,7-10,12H2,1-2H3. The van der Waals surface area contributed by atoms with Gasteiger partial charge >= 0.3 is 0 Å². The van der Waals surface area contributed by atoms with E-state index in [9.17, 15) is 0 Å². The Labute approximate surface area is 121 Å². The molecule has 0 radical (unpaired) electrons. The number of hydrogen-bond acceptors (Lipinski definition) is 4. The van der Waals surface area contributed by atoms with E-state index in [1.54, 1.807) is 11.3 Å². The van der Waals surface area contributed by atoms with E-state index >= 15 is 0 Å². The van der Waals surface area contributed by atoms with Gasteiger partial charge in [0.1, 0.15) is 0 Å². The summed E-state index contributed by atoms with van der Waals surface area (Å²) in [4.78, 5) is 4.88. The quantitative estimate of drug-likeness (QED) is 0.664. The molecule has 1 aliphatic rings. The molecular formula is C15H27N3S. The Morgan fingerprint density at radius 1 is 1.26 bits per heavy atom. The Balaban J connectivity index is 1.59. The lowest BCUT2D eigenvalue weighted by molar-refractivity contribution is 0.254. The Morgan fingerprint density at radius 3 is 2.74 bits per heavy atom. The third-order valence-electron chi connectivity index (χ3n) is 3.56. The molecule has 0 saturated heterocycles. The van der Waals surface area contributed by atoms with Gasteiger partial charge in [0.2, 0.25) is 0 Å². The molecule has 2 rings (SSSR count). The summed E-state index contributed by atoms with van der Waals surface area (Å²) in [7, 11) is 4.27. The fraction of sp³-hybridized carbons (Fsp3) is 0.733. The van der Waals surface area contributed by atoms with Crippen LogP contribution in [0.2, 0.25) is 0 Å². The minimum absolute atomic E-state index is 0.850. The van der Waals surface area contributed by atoms with Crippen LogP contribution in [-0.4, -0.2) is 56.1 Å². The van der Waals surface area contributed by atoms with Crippen molar-refractivity contribution in [1.82, 2.24) is 15.1 Å². The highest BCUT2D eigenvalue weighted by Crippen LogP contribution is 2.28. The van der Waals surface area contributed by atoms with Gasteiger partial charge in [0.05, 0.1) is 0 Å². The molecule has 1 fully saturated rings. The lowest BCUT2D eigenvalue weighted by Gasteiger charge is -2.21. The first kappa shape index (κ1) is 15.0. The number of nitrogens with one attached hydrogen (secondary N) is 1. The summed E-state index contributed by atoms with van der Waals surface area (Å²) in [5.74, 6) is 0. The minimum Gasteiger partial charge on any atom is -0.315 e. The largest absolute Gasteiger partial charge is 0.315 e. The van der Waals surface area contributed by atoms with Gasteiger partial charge in [-0.05, 0) is 68.8 Å². The first-order valence-corrected chi connectivity index (χ1v) is 8.30.